The lowest BCUT2D eigenvalue weighted by atomic mass is 10.0. The lowest BCUT2D eigenvalue weighted by Gasteiger charge is -2.17. The number of nitrogens with zero attached hydrogens (tertiary/aromatic N) is 1. The molecule has 0 spiro atoms. The molecule has 92 valence electrons. The van der Waals surface area contributed by atoms with Crippen LogP contribution in [0.25, 0.3) is 0 Å². The van der Waals surface area contributed by atoms with Crippen molar-refractivity contribution < 1.29 is 9.50 Å². The Hall–Kier alpha value is -0.930. The van der Waals surface area contributed by atoms with Gasteiger partial charge >= 0.3 is 0 Å². The number of halogens is 1. The molecular formula is C14H18FNO. The van der Waals surface area contributed by atoms with Crippen molar-refractivity contribution in [2.45, 2.75) is 25.5 Å². The van der Waals surface area contributed by atoms with Gasteiger partial charge < -0.3 is 5.11 Å². The lowest BCUT2D eigenvalue weighted by Crippen LogP contribution is -2.22. The van der Waals surface area contributed by atoms with Crippen molar-refractivity contribution in [1.82, 2.24) is 4.90 Å². The number of aliphatic hydroxyl groups is 1. The number of fused-ring (bicyclic) bond motifs is 1. The molecule has 3 heteroatoms. The van der Waals surface area contributed by atoms with Crippen LogP contribution in [0.3, 0.4) is 0 Å². The Morgan fingerprint density at radius 1 is 1.12 bits per heavy atom. The van der Waals surface area contributed by atoms with E-state index in [9.17, 15) is 9.50 Å². The molecule has 1 aromatic carbocycles. The summed E-state index contributed by atoms with van der Waals surface area (Å²) in [6.45, 7) is 3.07. The van der Waals surface area contributed by atoms with Gasteiger partial charge in [0.25, 0.3) is 0 Å². The number of hydrogen-bond acceptors (Lipinski definition) is 2. The highest BCUT2D eigenvalue weighted by molar-refractivity contribution is 5.16. The topological polar surface area (TPSA) is 23.5 Å². The summed E-state index contributed by atoms with van der Waals surface area (Å²) in [7, 11) is 0. The minimum absolute atomic E-state index is 0.0713. The second-order valence-corrected chi connectivity index (χ2v) is 5.47. The first kappa shape index (κ1) is 11.2. The molecule has 0 radical (unpaired) electrons. The molecule has 3 rings (SSSR count). The number of aliphatic hydroxyl groups excluding tert-OH is 1. The third-order valence-electron chi connectivity index (χ3n) is 4.12. The Labute approximate surface area is 101 Å². The van der Waals surface area contributed by atoms with Crippen molar-refractivity contribution in [3.63, 3.8) is 0 Å². The molecule has 1 heterocycles. The van der Waals surface area contributed by atoms with Gasteiger partial charge in [0.2, 0.25) is 0 Å². The molecule has 0 amide bonds. The SMILES string of the molecule is OC1CC2CN(Cc3ccc(F)cc3)CC2C1. The first-order valence-electron chi connectivity index (χ1n) is 6.35. The first-order chi connectivity index (χ1) is 8.20. The maximum atomic E-state index is 12.8. The number of rotatable bonds is 2. The fourth-order valence-corrected chi connectivity index (χ4v) is 3.34. The monoisotopic (exact) mass is 235 g/mol. The minimum Gasteiger partial charge on any atom is -0.393 e. The molecular weight excluding hydrogens is 217 g/mol. The van der Waals surface area contributed by atoms with E-state index in [-0.39, 0.29) is 11.9 Å². The molecule has 1 aliphatic carbocycles. The van der Waals surface area contributed by atoms with Gasteiger partial charge in [-0.05, 0) is 42.4 Å². The maximum absolute atomic E-state index is 12.8. The highest BCUT2D eigenvalue weighted by atomic mass is 19.1. The van der Waals surface area contributed by atoms with Crippen molar-refractivity contribution in [3.8, 4) is 0 Å². The van der Waals surface area contributed by atoms with Crippen molar-refractivity contribution in [1.29, 1.82) is 0 Å². The molecule has 1 aromatic rings. The Kier molecular flexibility index (Phi) is 2.89. The molecule has 2 atom stereocenters. The zero-order valence-corrected chi connectivity index (χ0v) is 9.85. The van der Waals surface area contributed by atoms with Gasteiger partial charge in [0.1, 0.15) is 5.82 Å². The lowest BCUT2D eigenvalue weighted by molar-refractivity contribution is 0.161. The number of benzene rings is 1. The normalized spacial score (nSPS) is 32.9. The van der Waals surface area contributed by atoms with Gasteiger partial charge in [0, 0.05) is 19.6 Å². The maximum Gasteiger partial charge on any atom is 0.123 e. The van der Waals surface area contributed by atoms with Crippen LogP contribution in [0.5, 0.6) is 0 Å². The Morgan fingerprint density at radius 3 is 2.29 bits per heavy atom. The predicted molar refractivity (Wildman–Crippen MR) is 63.9 cm³/mol. The van der Waals surface area contributed by atoms with Crippen LogP contribution in [0, 0.1) is 17.7 Å². The average Bonchev–Trinajstić information content (AvgIpc) is 2.78. The van der Waals surface area contributed by atoms with Gasteiger partial charge in [0.15, 0.2) is 0 Å². The van der Waals surface area contributed by atoms with Crippen molar-refractivity contribution in [2.24, 2.45) is 11.8 Å². The summed E-state index contributed by atoms with van der Waals surface area (Å²) in [6.07, 6.45) is 1.85. The van der Waals surface area contributed by atoms with Gasteiger partial charge in [-0.1, -0.05) is 12.1 Å². The molecule has 2 aliphatic rings. The van der Waals surface area contributed by atoms with Crippen LogP contribution in [-0.4, -0.2) is 29.2 Å². The number of hydrogen-bond donors (Lipinski definition) is 1. The summed E-state index contributed by atoms with van der Waals surface area (Å²) in [6, 6.07) is 6.77. The molecule has 1 aliphatic heterocycles. The molecule has 0 aromatic heterocycles. The van der Waals surface area contributed by atoms with Gasteiger partial charge in [-0.25, -0.2) is 4.39 Å². The second-order valence-electron chi connectivity index (χ2n) is 5.47. The van der Waals surface area contributed by atoms with Gasteiger partial charge in [-0.2, -0.15) is 0 Å². The summed E-state index contributed by atoms with van der Waals surface area (Å²) in [5.41, 5.74) is 1.17. The van der Waals surface area contributed by atoms with Gasteiger partial charge in [-0.3, -0.25) is 4.90 Å². The summed E-state index contributed by atoms with van der Waals surface area (Å²) >= 11 is 0. The second kappa shape index (κ2) is 4.39. The van der Waals surface area contributed by atoms with Crippen LogP contribution in [0.2, 0.25) is 0 Å². The van der Waals surface area contributed by atoms with E-state index in [1.807, 2.05) is 12.1 Å². The fraction of sp³-hybridized carbons (Fsp3) is 0.571. The van der Waals surface area contributed by atoms with Gasteiger partial charge in [-0.15, -0.1) is 0 Å². The van der Waals surface area contributed by atoms with Crippen LogP contribution in [0.15, 0.2) is 24.3 Å². The van der Waals surface area contributed by atoms with E-state index in [0.717, 1.165) is 32.5 Å². The van der Waals surface area contributed by atoms with E-state index in [2.05, 4.69) is 4.90 Å². The highest BCUT2D eigenvalue weighted by Gasteiger charge is 2.39. The molecule has 0 bridgehead atoms. The van der Waals surface area contributed by atoms with Crippen LogP contribution < -0.4 is 0 Å². The first-order valence-corrected chi connectivity index (χ1v) is 6.35. The Balaban J connectivity index is 1.60. The van der Waals surface area contributed by atoms with Crippen LogP contribution in [-0.2, 0) is 6.54 Å². The van der Waals surface area contributed by atoms with Crippen LogP contribution in [0.4, 0.5) is 4.39 Å². The molecule has 2 nitrogen and oxygen atoms in total. The molecule has 1 saturated heterocycles. The third-order valence-corrected chi connectivity index (χ3v) is 4.12. The summed E-state index contributed by atoms with van der Waals surface area (Å²) < 4.78 is 12.8. The van der Waals surface area contributed by atoms with Crippen LogP contribution in [0.1, 0.15) is 18.4 Å². The molecule has 17 heavy (non-hydrogen) atoms. The fourth-order valence-electron chi connectivity index (χ4n) is 3.34. The predicted octanol–water partition coefficient (Wildman–Crippen LogP) is 2.03. The minimum atomic E-state index is -0.171. The van der Waals surface area contributed by atoms with E-state index in [4.69, 9.17) is 0 Å². The summed E-state index contributed by atoms with van der Waals surface area (Å²) in [5, 5.41) is 9.58. The highest BCUT2D eigenvalue weighted by Crippen LogP contribution is 2.38. The largest absolute Gasteiger partial charge is 0.393 e. The van der Waals surface area contributed by atoms with E-state index < -0.39 is 0 Å². The van der Waals surface area contributed by atoms with Crippen molar-refractivity contribution in [3.05, 3.63) is 35.6 Å². The van der Waals surface area contributed by atoms with E-state index in [0.29, 0.717) is 11.8 Å². The standard InChI is InChI=1S/C14H18FNO/c15-13-3-1-10(2-4-13)7-16-8-11-5-14(17)6-12(11)9-16/h1-4,11-12,14,17H,5-9H2. The molecule has 2 unspecified atom stereocenters. The smallest absolute Gasteiger partial charge is 0.123 e. The van der Waals surface area contributed by atoms with Gasteiger partial charge in [0.05, 0.1) is 6.10 Å². The Bertz CT molecular complexity index is 378. The molecule has 1 N–H and O–H groups in total. The zero-order valence-electron chi connectivity index (χ0n) is 9.85. The van der Waals surface area contributed by atoms with Crippen molar-refractivity contribution >= 4 is 0 Å². The van der Waals surface area contributed by atoms with E-state index >= 15 is 0 Å². The van der Waals surface area contributed by atoms with Crippen molar-refractivity contribution in [2.75, 3.05) is 13.1 Å². The molecule has 1 saturated carbocycles. The quantitative estimate of drug-likeness (QED) is 0.848. The van der Waals surface area contributed by atoms with Crippen LogP contribution >= 0.6 is 0 Å². The molecule has 2 fully saturated rings. The average molecular weight is 235 g/mol. The van der Waals surface area contributed by atoms with E-state index in [1.54, 1.807) is 0 Å². The van der Waals surface area contributed by atoms with E-state index in [1.165, 1.54) is 17.7 Å². The zero-order chi connectivity index (χ0) is 11.8. The Morgan fingerprint density at radius 2 is 1.71 bits per heavy atom. The summed E-state index contributed by atoms with van der Waals surface area (Å²) in [4.78, 5) is 2.43. The number of likely N-dealkylation sites (tertiary alicyclic amines) is 1. The third kappa shape index (κ3) is 2.35. The summed E-state index contributed by atoms with van der Waals surface area (Å²) in [5.74, 6) is 1.17.